The largest absolute Gasteiger partial charge is 0.395 e. The van der Waals surface area contributed by atoms with Crippen LogP contribution in [0.1, 0.15) is 33.5 Å². The number of thiophene rings is 1. The zero-order chi connectivity index (χ0) is 15.1. The van der Waals surface area contributed by atoms with E-state index in [9.17, 15) is 4.79 Å². The molecule has 3 nitrogen and oxygen atoms in total. The topological polar surface area (TPSA) is 49.3 Å². The van der Waals surface area contributed by atoms with E-state index in [0.717, 1.165) is 22.3 Å². The number of aryl methyl sites for hydroxylation is 1. The summed E-state index contributed by atoms with van der Waals surface area (Å²) in [6.45, 7) is 2.43. The average molecular weight is 299 g/mol. The van der Waals surface area contributed by atoms with Crippen LogP contribution in [0.4, 0.5) is 0 Å². The summed E-state index contributed by atoms with van der Waals surface area (Å²) in [6.07, 6.45) is 0.453. The molecule has 0 saturated heterocycles. The summed E-state index contributed by atoms with van der Waals surface area (Å²) in [4.78, 5) is 12.1. The molecule has 0 saturated carbocycles. The first kappa shape index (κ1) is 15.3. The van der Waals surface area contributed by atoms with Gasteiger partial charge < -0.3 is 10.4 Å². The van der Waals surface area contributed by atoms with Crippen LogP contribution < -0.4 is 5.32 Å². The molecule has 0 unspecified atom stereocenters. The Morgan fingerprint density at radius 2 is 2.14 bits per heavy atom. The van der Waals surface area contributed by atoms with Crippen LogP contribution in [-0.4, -0.2) is 17.6 Å². The Balaban J connectivity index is 2.05. The van der Waals surface area contributed by atoms with Crippen molar-refractivity contribution < 1.29 is 9.90 Å². The number of nitrogens with one attached hydrogen (secondary N) is 1. The van der Waals surface area contributed by atoms with Gasteiger partial charge in [-0.3, -0.25) is 4.79 Å². The summed E-state index contributed by atoms with van der Waals surface area (Å²) in [6, 6.07) is 7.71. The van der Waals surface area contributed by atoms with Crippen LogP contribution >= 0.6 is 11.3 Å². The summed E-state index contributed by atoms with van der Waals surface area (Å²) in [7, 11) is 0. The first-order valence-electron chi connectivity index (χ1n) is 6.71. The lowest BCUT2D eigenvalue weighted by atomic mass is 10.1. The van der Waals surface area contributed by atoms with Crippen LogP contribution in [0, 0.1) is 18.8 Å². The second-order valence-electron chi connectivity index (χ2n) is 4.58. The van der Waals surface area contributed by atoms with Crippen LogP contribution in [0.5, 0.6) is 0 Å². The summed E-state index contributed by atoms with van der Waals surface area (Å²) in [5, 5.41) is 15.5. The molecule has 0 atom stereocenters. The molecular weight excluding hydrogens is 282 g/mol. The number of amides is 1. The van der Waals surface area contributed by atoms with E-state index >= 15 is 0 Å². The molecule has 0 aliphatic carbocycles. The molecule has 108 valence electrons. The number of benzene rings is 1. The quantitative estimate of drug-likeness (QED) is 0.853. The zero-order valence-electron chi connectivity index (χ0n) is 11.8. The Kier molecular flexibility index (Phi) is 5.56. The number of carbonyl (C=O) groups is 1. The third kappa shape index (κ3) is 4.19. The van der Waals surface area contributed by atoms with Gasteiger partial charge in [0.05, 0.1) is 12.2 Å². The Hall–Kier alpha value is -2.09. The van der Waals surface area contributed by atoms with Crippen molar-refractivity contribution in [1.29, 1.82) is 0 Å². The van der Waals surface area contributed by atoms with Gasteiger partial charge >= 0.3 is 0 Å². The summed E-state index contributed by atoms with van der Waals surface area (Å²) >= 11 is 1.53. The second-order valence-corrected chi connectivity index (χ2v) is 5.33. The lowest BCUT2D eigenvalue weighted by molar-refractivity contribution is 0.0951. The highest BCUT2D eigenvalue weighted by atomic mass is 32.1. The Bertz CT molecular complexity index is 679. The molecule has 21 heavy (non-hydrogen) atoms. The van der Waals surface area contributed by atoms with Gasteiger partial charge in [-0.05, 0) is 29.5 Å². The number of hydrogen-bond acceptors (Lipinski definition) is 3. The Morgan fingerprint density at radius 1 is 1.33 bits per heavy atom. The van der Waals surface area contributed by atoms with Gasteiger partial charge in [0.1, 0.15) is 0 Å². The molecule has 0 aliphatic heterocycles. The number of rotatable bonds is 4. The van der Waals surface area contributed by atoms with Crippen LogP contribution in [-0.2, 0) is 6.54 Å². The fraction of sp³-hybridized carbons (Fsp3) is 0.235. The van der Waals surface area contributed by atoms with E-state index in [1.165, 1.54) is 11.3 Å². The second kappa shape index (κ2) is 7.63. The van der Waals surface area contributed by atoms with Crippen molar-refractivity contribution in [3.63, 3.8) is 0 Å². The van der Waals surface area contributed by atoms with Crippen LogP contribution in [0.25, 0.3) is 0 Å². The third-order valence-corrected chi connectivity index (χ3v) is 3.88. The van der Waals surface area contributed by atoms with Crippen molar-refractivity contribution in [2.45, 2.75) is 19.9 Å². The first-order chi connectivity index (χ1) is 10.2. The van der Waals surface area contributed by atoms with Gasteiger partial charge in [0, 0.05) is 23.9 Å². The molecule has 1 heterocycles. The van der Waals surface area contributed by atoms with Gasteiger partial charge in [-0.2, -0.15) is 11.3 Å². The number of carbonyl (C=O) groups excluding carboxylic acids is 1. The first-order valence-corrected chi connectivity index (χ1v) is 7.65. The average Bonchev–Trinajstić information content (AvgIpc) is 2.92. The summed E-state index contributed by atoms with van der Waals surface area (Å²) < 4.78 is 0. The van der Waals surface area contributed by atoms with E-state index in [-0.39, 0.29) is 12.5 Å². The monoisotopic (exact) mass is 299 g/mol. The van der Waals surface area contributed by atoms with Crippen molar-refractivity contribution in [3.05, 3.63) is 57.3 Å². The van der Waals surface area contributed by atoms with Gasteiger partial charge in [0.2, 0.25) is 0 Å². The molecule has 2 aromatic rings. The van der Waals surface area contributed by atoms with E-state index in [0.29, 0.717) is 13.0 Å². The van der Waals surface area contributed by atoms with Crippen molar-refractivity contribution in [3.8, 4) is 11.8 Å². The van der Waals surface area contributed by atoms with Crippen LogP contribution in [0.15, 0.2) is 35.0 Å². The minimum Gasteiger partial charge on any atom is -0.395 e. The minimum absolute atomic E-state index is 0.0589. The molecular formula is C17H17NO2S. The van der Waals surface area contributed by atoms with E-state index in [4.69, 9.17) is 5.11 Å². The highest BCUT2D eigenvalue weighted by Crippen LogP contribution is 2.14. The van der Waals surface area contributed by atoms with Crippen molar-refractivity contribution in [2.75, 3.05) is 6.61 Å². The lowest BCUT2D eigenvalue weighted by Gasteiger charge is -2.07. The normalized spacial score (nSPS) is 9.81. The van der Waals surface area contributed by atoms with Crippen LogP contribution in [0.2, 0.25) is 0 Å². The van der Waals surface area contributed by atoms with E-state index in [1.807, 2.05) is 41.9 Å². The van der Waals surface area contributed by atoms with Crippen molar-refractivity contribution in [2.24, 2.45) is 0 Å². The Labute approximate surface area is 128 Å². The SMILES string of the molecule is Cc1cscc1C(=O)NCc1ccccc1C#CCCO. The maximum Gasteiger partial charge on any atom is 0.252 e. The van der Waals surface area contributed by atoms with Gasteiger partial charge in [-0.1, -0.05) is 30.0 Å². The Morgan fingerprint density at radius 3 is 2.86 bits per heavy atom. The smallest absolute Gasteiger partial charge is 0.252 e. The molecule has 0 bridgehead atoms. The van der Waals surface area contributed by atoms with Crippen LogP contribution in [0.3, 0.4) is 0 Å². The predicted molar refractivity (Wildman–Crippen MR) is 85.2 cm³/mol. The number of hydrogen-bond donors (Lipinski definition) is 2. The van der Waals surface area contributed by atoms with Gasteiger partial charge in [0.25, 0.3) is 5.91 Å². The maximum atomic E-state index is 12.1. The van der Waals surface area contributed by atoms with Gasteiger partial charge in [0.15, 0.2) is 0 Å². The fourth-order valence-corrected chi connectivity index (χ4v) is 2.70. The highest BCUT2D eigenvalue weighted by molar-refractivity contribution is 7.08. The summed E-state index contributed by atoms with van der Waals surface area (Å²) in [5.41, 5.74) is 3.58. The molecule has 0 aliphatic rings. The predicted octanol–water partition coefficient (Wildman–Crippen LogP) is 2.72. The zero-order valence-corrected chi connectivity index (χ0v) is 12.7. The summed E-state index contributed by atoms with van der Waals surface area (Å²) in [5.74, 6) is 5.87. The molecule has 0 radical (unpaired) electrons. The van der Waals surface area contributed by atoms with Gasteiger partial charge in [-0.15, -0.1) is 0 Å². The molecule has 1 aromatic heterocycles. The highest BCUT2D eigenvalue weighted by Gasteiger charge is 2.09. The molecule has 1 amide bonds. The molecule has 4 heteroatoms. The molecule has 0 spiro atoms. The van der Waals surface area contributed by atoms with E-state index in [2.05, 4.69) is 17.2 Å². The molecule has 1 aromatic carbocycles. The molecule has 0 fully saturated rings. The van der Waals surface area contributed by atoms with Gasteiger partial charge in [-0.25, -0.2) is 0 Å². The van der Waals surface area contributed by atoms with E-state index < -0.39 is 0 Å². The maximum absolute atomic E-state index is 12.1. The van der Waals surface area contributed by atoms with E-state index in [1.54, 1.807) is 0 Å². The third-order valence-electron chi connectivity index (χ3n) is 3.02. The number of aliphatic hydroxyl groups is 1. The van der Waals surface area contributed by atoms with Crippen molar-refractivity contribution in [1.82, 2.24) is 5.32 Å². The lowest BCUT2D eigenvalue weighted by Crippen LogP contribution is -2.23. The fourth-order valence-electron chi connectivity index (χ4n) is 1.87. The van der Waals surface area contributed by atoms with Crippen molar-refractivity contribution >= 4 is 17.2 Å². The molecule has 2 N–H and O–H groups in total. The molecule has 2 rings (SSSR count). The minimum atomic E-state index is -0.0631. The standard InChI is InChI=1S/C17H17NO2S/c1-13-11-21-12-16(13)17(20)18-10-15-8-3-2-6-14(15)7-4-5-9-19/h2-3,6,8,11-12,19H,5,9-10H2,1H3,(H,18,20). The number of aliphatic hydroxyl groups excluding tert-OH is 1.